The topological polar surface area (TPSA) is 79.7 Å². The number of amides is 2. The zero-order chi connectivity index (χ0) is 22.5. The van der Waals surface area contributed by atoms with E-state index in [4.69, 9.17) is 4.74 Å². The Morgan fingerprint density at radius 2 is 1.81 bits per heavy atom. The highest BCUT2D eigenvalue weighted by molar-refractivity contribution is 5.92. The molecule has 1 fully saturated rings. The molecule has 4 rings (SSSR count). The molecule has 2 aromatic carbocycles. The van der Waals surface area contributed by atoms with Crippen molar-refractivity contribution in [3.8, 4) is 6.01 Å². The number of aromatic nitrogens is 2. The van der Waals surface area contributed by atoms with Gasteiger partial charge >= 0.3 is 12.0 Å². The fraction of sp³-hybridized carbons (Fsp3) is 0.375. The second kappa shape index (κ2) is 9.72. The number of anilines is 1. The number of imidazole rings is 1. The second-order valence-corrected chi connectivity index (χ2v) is 7.92. The highest BCUT2D eigenvalue weighted by Gasteiger charge is 2.22. The van der Waals surface area contributed by atoms with E-state index in [0.717, 1.165) is 31.6 Å². The van der Waals surface area contributed by atoms with Gasteiger partial charge in [0.1, 0.15) is 0 Å². The molecule has 32 heavy (non-hydrogen) atoms. The first-order valence-electron chi connectivity index (χ1n) is 11.0. The normalized spacial score (nSPS) is 13.9. The molecule has 1 aromatic heterocycles. The molecule has 0 saturated carbocycles. The summed E-state index contributed by atoms with van der Waals surface area (Å²) in [6.45, 7) is 5.05. The van der Waals surface area contributed by atoms with Gasteiger partial charge in [-0.2, -0.15) is 4.98 Å². The van der Waals surface area contributed by atoms with Gasteiger partial charge in [-0.25, -0.2) is 9.36 Å². The van der Waals surface area contributed by atoms with Crippen LogP contribution in [0.25, 0.3) is 11.0 Å². The molecule has 1 N–H and O–H groups in total. The average molecular weight is 436 g/mol. The Hall–Kier alpha value is -3.55. The van der Waals surface area contributed by atoms with Gasteiger partial charge in [-0.1, -0.05) is 30.3 Å². The van der Waals surface area contributed by atoms with Crippen LogP contribution in [0.1, 0.15) is 18.9 Å². The van der Waals surface area contributed by atoms with Crippen LogP contribution in [0.4, 0.5) is 10.5 Å². The lowest BCUT2D eigenvalue weighted by Gasteiger charge is -2.35. The molecule has 0 spiro atoms. The van der Waals surface area contributed by atoms with Crippen LogP contribution >= 0.6 is 0 Å². The quantitative estimate of drug-likeness (QED) is 0.603. The van der Waals surface area contributed by atoms with E-state index in [1.54, 1.807) is 6.92 Å². The lowest BCUT2D eigenvalue weighted by Crippen LogP contribution is -2.48. The molecule has 0 bridgehead atoms. The number of aryl methyl sites for hydroxylation is 1. The van der Waals surface area contributed by atoms with Crippen molar-refractivity contribution < 1.29 is 14.3 Å². The predicted molar refractivity (Wildman–Crippen MR) is 124 cm³/mol. The number of rotatable bonds is 6. The van der Waals surface area contributed by atoms with Crippen LogP contribution in [-0.2, 0) is 11.2 Å². The summed E-state index contributed by atoms with van der Waals surface area (Å²) in [5, 5.41) is 2.99. The molecule has 0 unspecified atom stereocenters. The minimum absolute atomic E-state index is 0.104. The number of benzene rings is 2. The summed E-state index contributed by atoms with van der Waals surface area (Å²) in [6, 6.07) is 16.1. The van der Waals surface area contributed by atoms with Gasteiger partial charge < -0.3 is 19.9 Å². The second-order valence-electron chi connectivity index (χ2n) is 7.92. The summed E-state index contributed by atoms with van der Waals surface area (Å²) >= 11 is 0. The highest BCUT2D eigenvalue weighted by Crippen LogP contribution is 2.27. The predicted octanol–water partition coefficient (Wildman–Crippen LogP) is 2.90. The highest BCUT2D eigenvalue weighted by atomic mass is 16.5. The number of hydrogen-bond donors (Lipinski definition) is 1. The fourth-order valence-corrected chi connectivity index (χ4v) is 4.06. The maximum Gasteiger partial charge on any atom is 0.330 e. The number of carbonyl (C=O) groups excluding carboxylic acids is 2. The maximum atomic E-state index is 13.0. The van der Waals surface area contributed by atoms with Crippen LogP contribution in [0.2, 0.25) is 0 Å². The lowest BCUT2D eigenvalue weighted by molar-refractivity contribution is -0.129. The summed E-state index contributed by atoms with van der Waals surface area (Å²) in [5.74, 6) is 0.104. The Balaban J connectivity index is 1.47. The number of hydrogen-bond acceptors (Lipinski definition) is 5. The van der Waals surface area contributed by atoms with Crippen molar-refractivity contribution >= 4 is 28.7 Å². The first kappa shape index (κ1) is 21.7. The first-order valence-corrected chi connectivity index (χ1v) is 11.0. The summed E-state index contributed by atoms with van der Waals surface area (Å²) < 4.78 is 6.88. The molecule has 1 aliphatic heterocycles. The van der Waals surface area contributed by atoms with Gasteiger partial charge in [0, 0.05) is 45.3 Å². The largest absolute Gasteiger partial charge is 0.468 e. The molecule has 168 valence electrons. The number of ether oxygens (including phenoxy) is 1. The van der Waals surface area contributed by atoms with Crippen molar-refractivity contribution in [2.75, 3.05) is 44.7 Å². The third-order valence-electron chi connectivity index (χ3n) is 5.84. The molecule has 1 aliphatic rings. The molecule has 0 atom stereocenters. The van der Waals surface area contributed by atoms with Gasteiger partial charge in [0.15, 0.2) is 0 Å². The molecule has 0 aliphatic carbocycles. The molecule has 8 heteroatoms. The van der Waals surface area contributed by atoms with Crippen LogP contribution in [0.15, 0.2) is 48.5 Å². The number of methoxy groups -OCH3 is 1. The lowest BCUT2D eigenvalue weighted by atomic mass is 10.1. The molecule has 8 nitrogen and oxygen atoms in total. The minimum Gasteiger partial charge on any atom is -0.468 e. The molecular weight excluding hydrogens is 406 g/mol. The van der Waals surface area contributed by atoms with Crippen molar-refractivity contribution in [3.05, 3.63) is 54.1 Å². The Morgan fingerprint density at radius 3 is 2.50 bits per heavy atom. The summed E-state index contributed by atoms with van der Waals surface area (Å²) in [7, 11) is 1.52. The smallest absolute Gasteiger partial charge is 0.330 e. The van der Waals surface area contributed by atoms with Crippen molar-refractivity contribution in [3.63, 3.8) is 0 Å². The monoisotopic (exact) mass is 435 g/mol. The van der Waals surface area contributed by atoms with Gasteiger partial charge in [-0.3, -0.25) is 4.79 Å². The Kier molecular flexibility index (Phi) is 6.58. The van der Waals surface area contributed by atoms with E-state index in [-0.39, 0.29) is 17.9 Å². The first-order chi connectivity index (χ1) is 15.6. The summed E-state index contributed by atoms with van der Waals surface area (Å²) in [4.78, 5) is 33.1. The Morgan fingerprint density at radius 1 is 1.06 bits per heavy atom. The van der Waals surface area contributed by atoms with E-state index in [9.17, 15) is 9.59 Å². The fourth-order valence-electron chi connectivity index (χ4n) is 4.06. The van der Waals surface area contributed by atoms with Crippen LogP contribution in [0.5, 0.6) is 6.01 Å². The third-order valence-corrected chi connectivity index (χ3v) is 5.84. The molecule has 3 aromatic rings. The number of nitrogens with zero attached hydrogens (tertiary/aromatic N) is 4. The van der Waals surface area contributed by atoms with Gasteiger partial charge in [-0.05, 0) is 36.6 Å². The molecular formula is C24H29N5O3. The number of carbonyl (C=O) groups is 2. The molecule has 2 amide bonds. The van der Waals surface area contributed by atoms with Crippen molar-refractivity contribution in [2.24, 2.45) is 0 Å². The number of fused-ring (bicyclic) bond motifs is 1. The maximum absolute atomic E-state index is 13.0. The SMILES string of the molecule is COc1nc2ccc(N3CCN(C(C)=O)CC3)cc2n1C(=O)NCCCc1ccccc1. The van der Waals surface area contributed by atoms with Gasteiger partial charge in [0.05, 0.1) is 18.1 Å². The van der Waals surface area contributed by atoms with E-state index in [0.29, 0.717) is 30.7 Å². The van der Waals surface area contributed by atoms with Crippen LogP contribution < -0.4 is 15.0 Å². The molecule has 0 radical (unpaired) electrons. The minimum atomic E-state index is -0.254. The standard InChI is InChI=1S/C24H29N5O3/c1-18(30)27-13-15-28(16-14-27)20-10-11-21-22(17-20)29(24(26-21)32-2)23(31)25-12-6-9-19-7-4-3-5-8-19/h3-5,7-8,10-11,17H,6,9,12-16H2,1-2H3,(H,25,31). The summed E-state index contributed by atoms with van der Waals surface area (Å²) in [6.07, 6.45) is 1.75. The van der Waals surface area contributed by atoms with Crippen LogP contribution in [-0.4, -0.2) is 66.2 Å². The van der Waals surface area contributed by atoms with Crippen molar-refractivity contribution in [2.45, 2.75) is 19.8 Å². The molecule has 2 heterocycles. The van der Waals surface area contributed by atoms with Crippen molar-refractivity contribution in [1.82, 2.24) is 19.8 Å². The number of piperazine rings is 1. The van der Waals surface area contributed by atoms with E-state index in [2.05, 4.69) is 27.3 Å². The summed E-state index contributed by atoms with van der Waals surface area (Å²) in [5.41, 5.74) is 3.66. The third kappa shape index (κ3) is 4.69. The Labute approximate surface area is 187 Å². The van der Waals surface area contributed by atoms with Crippen LogP contribution in [0, 0.1) is 0 Å². The Bertz CT molecular complexity index is 1090. The van der Waals surface area contributed by atoms with Crippen LogP contribution in [0.3, 0.4) is 0 Å². The van der Waals surface area contributed by atoms with E-state index < -0.39 is 0 Å². The average Bonchev–Trinajstić information content (AvgIpc) is 3.20. The van der Waals surface area contributed by atoms with E-state index in [1.807, 2.05) is 41.3 Å². The zero-order valence-corrected chi connectivity index (χ0v) is 18.6. The van der Waals surface area contributed by atoms with E-state index in [1.165, 1.54) is 17.2 Å². The van der Waals surface area contributed by atoms with E-state index >= 15 is 0 Å². The van der Waals surface area contributed by atoms with Gasteiger partial charge in [0.25, 0.3) is 0 Å². The number of nitrogens with one attached hydrogen (secondary N) is 1. The zero-order valence-electron chi connectivity index (χ0n) is 18.6. The molecule has 1 saturated heterocycles. The van der Waals surface area contributed by atoms with Gasteiger partial charge in [0.2, 0.25) is 5.91 Å². The van der Waals surface area contributed by atoms with Gasteiger partial charge in [-0.15, -0.1) is 0 Å². The van der Waals surface area contributed by atoms with Crippen molar-refractivity contribution in [1.29, 1.82) is 0 Å².